The molecular formula is C20H29IN4O3. The molecule has 0 saturated carbocycles. The largest absolute Gasteiger partial charge is 0.490 e. The maximum atomic E-state index is 5.83. The normalized spacial score (nSPS) is 10.8. The van der Waals surface area contributed by atoms with E-state index < -0.39 is 0 Å². The Hall–Kier alpha value is -2.07. The Morgan fingerprint density at radius 2 is 1.86 bits per heavy atom. The number of guanidine groups is 1. The van der Waals surface area contributed by atoms with E-state index in [1.807, 2.05) is 49.4 Å². The summed E-state index contributed by atoms with van der Waals surface area (Å²) >= 11 is 0. The predicted octanol–water partition coefficient (Wildman–Crippen LogP) is 2.99. The van der Waals surface area contributed by atoms with Gasteiger partial charge in [0.25, 0.3) is 0 Å². The van der Waals surface area contributed by atoms with Crippen LogP contribution in [0.2, 0.25) is 0 Å². The summed E-state index contributed by atoms with van der Waals surface area (Å²) in [6.45, 7) is 5.53. The van der Waals surface area contributed by atoms with Crippen molar-refractivity contribution in [3.05, 3.63) is 54.2 Å². The van der Waals surface area contributed by atoms with Crippen LogP contribution in [0.1, 0.15) is 18.9 Å². The van der Waals surface area contributed by atoms with Crippen LogP contribution in [-0.4, -0.2) is 43.9 Å². The molecule has 0 atom stereocenters. The number of rotatable bonds is 12. The molecule has 0 aliphatic rings. The van der Waals surface area contributed by atoms with Gasteiger partial charge in [-0.2, -0.15) is 0 Å². The van der Waals surface area contributed by atoms with Crippen molar-refractivity contribution in [3.8, 4) is 11.6 Å². The van der Waals surface area contributed by atoms with Gasteiger partial charge in [-0.15, -0.1) is 24.0 Å². The topological polar surface area (TPSA) is 91.0 Å². The van der Waals surface area contributed by atoms with Crippen LogP contribution in [0.5, 0.6) is 11.6 Å². The van der Waals surface area contributed by atoms with E-state index in [9.17, 15) is 0 Å². The van der Waals surface area contributed by atoms with Crippen LogP contribution >= 0.6 is 24.0 Å². The van der Waals surface area contributed by atoms with Crippen LogP contribution in [0.4, 0.5) is 0 Å². The molecule has 28 heavy (non-hydrogen) atoms. The van der Waals surface area contributed by atoms with Gasteiger partial charge in [0.1, 0.15) is 19.0 Å². The first kappa shape index (κ1) is 24.0. The second kappa shape index (κ2) is 14.9. The first-order chi connectivity index (χ1) is 13.3. The SMILES string of the molecule is CCOCCCNC(N)=NCc1ccc(OCCOc2ccccc2)nc1.I. The van der Waals surface area contributed by atoms with Crippen molar-refractivity contribution in [1.82, 2.24) is 10.3 Å². The van der Waals surface area contributed by atoms with Gasteiger partial charge in [-0.25, -0.2) is 9.98 Å². The molecule has 3 N–H and O–H groups in total. The number of benzene rings is 1. The van der Waals surface area contributed by atoms with Crippen molar-refractivity contribution in [1.29, 1.82) is 0 Å². The number of pyridine rings is 1. The predicted molar refractivity (Wildman–Crippen MR) is 122 cm³/mol. The number of nitrogens with zero attached hydrogens (tertiary/aromatic N) is 2. The molecule has 0 saturated heterocycles. The lowest BCUT2D eigenvalue weighted by atomic mass is 10.3. The summed E-state index contributed by atoms with van der Waals surface area (Å²) in [6.07, 6.45) is 2.63. The van der Waals surface area contributed by atoms with E-state index in [4.69, 9.17) is 19.9 Å². The zero-order valence-corrected chi connectivity index (χ0v) is 18.5. The zero-order valence-electron chi connectivity index (χ0n) is 16.2. The molecule has 1 heterocycles. The lowest BCUT2D eigenvalue weighted by Crippen LogP contribution is -2.32. The number of aromatic nitrogens is 1. The Balaban J connectivity index is 0.00000392. The number of aliphatic imine (C=N–C) groups is 1. The highest BCUT2D eigenvalue weighted by Crippen LogP contribution is 2.10. The average Bonchev–Trinajstić information content (AvgIpc) is 2.71. The van der Waals surface area contributed by atoms with E-state index in [-0.39, 0.29) is 24.0 Å². The number of nitrogens with two attached hydrogens (primary N) is 1. The number of halogens is 1. The van der Waals surface area contributed by atoms with Crippen molar-refractivity contribution in [2.24, 2.45) is 10.7 Å². The maximum Gasteiger partial charge on any atom is 0.213 e. The van der Waals surface area contributed by atoms with Crippen LogP contribution in [-0.2, 0) is 11.3 Å². The highest BCUT2D eigenvalue weighted by Gasteiger charge is 1.99. The van der Waals surface area contributed by atoms with Gasteiger partial charge >= 0.3 is 0 Å². The van der Waals surface area contributed by atoms with E-state index in [1.54, 1.807) is 6.20 Å². The third-order valence-corrected chi connectivity index (χ3v) is 3.55. The fourth-order valence-corrected chi connectivity index (χ4v) is 2.18. The maximum absolute atomic E-state index is 5.83. The summed E-state index contributed by atoms with van der Waals surface area (Å²) in [7, 11) is 0. The molecule has 1 aromatic heterocycles. The summed E-state index contributed by atoms with van der Waals surface area (Å²) in [5.41, 5.74) is 6.79. The summed E-state index contributed by atoms with van der Waals surface area (Å²) in [5, 5.41) is 3.06. The highest BCUT2D eigenvalue weighted by atomic mass is 127. The molecule has 0 unspecified atom stereocenters. The van der Waals surface area contributed by atoms with Gasteiger partial charge in [0.05, 0.1) is 6.54 Å². The molecule has 0 aliphatic carbocycles. The second-order valence-corrected chi connectivity index (χ2v) is 5.69. The molecule has 2 rings (SSSR count). The number of hydrogen-bond acceptors (Lipinski definition) is 5. The van der Waals surface area contributed by atoms with Gasteiger partial charge in [-0.1, -0.05) is 24.3 Å². The summed E-state index contributed by atoms with van der Waals surface area (Å²) in [6, 6.07) is 13.4. The molecule has 7 nitrogen and oxygen atoms in total. The smallest absolute Gasteiger partial charge is 0.213 e. The third-order valence-electron chi connectivity index (χ3n) is 3.55. The van der Waals surface area contributed by atoms with E-state index in [0.29, 0.717) is 31.6 Å². The molecule has 0 bridgehead atoms. The van der Waals surface area contributed by atoms with Crippen LogP contribution < -0.4 is 20.5 Å². The van der Waals surface area contributed by atoms with Gasteiger partial charge in [-0.3, -0.25) is 0 Å². The Morgan fingerprint density at radius 3 is 2.57 bits per heavy atom. The van der Waals surface area contributed by atoms with Gasteiger partial charge in [0.2, 0.25) is 5.88 Å². The molecule has 0 radical (unpaired) electrons. The molecule has 0 aliphatic heterocycles. The zero-order chi connectivity index (χ0) is 19.2. The minimum Gasteiger partial charge on any atom is -0.490 e. The van der Waals surface area contributed by atoms with Crippen molar-refractivity contribution < 1.29 is 14.2 Å². The molecule has 0 amide bonds. The fourth-order valence-electron chi connectivity index (χ4n) is 2.18. The molecule has 0 fully saturated rings. The van der Waals surface area contributed by atoms with Crippen molar-refractivity contribution in [2.75, 3.05) is 33.0 Å². The molecule has 2 aromatic rings. The van der Waals surface area contributed by atoms with Crippen molar-refractivity contribution in [3.63, 3.8) is 0 Å². The molecule has 1 aromatic carbocycles. The van der Waals surface area contributed by atoms with Gasteiger partial charge < -0.3 is 25.3 Å². The van der Waals surface area contributed by atoms with Crippen LogP contribution in [0.25, 0.3) is 0 Å². The van der Waals surface area contributed by atoms with E-state index >= 15 is 0 Å². The minimum atomic E-state index is 0. The molecule has 154 valence electrons. The number of para-hydroxylation sites is 1. The Kier molecular flexibility index (Phi) is 12.8. The summed E-state index contributed by atoms with van der Waals surface area (Å²) in [4.78, 5) is 8.56. The van der Waals surface area contributed by atoms with Gasteiger partial charge in [-0.05, 0) is 31.0 Å². The van der Waals surface area contributed by atoms with Gasteiger partial charge in [0, 0.05) is 32.0 Å². The fraction of sp³-hybridized carbons (Fsp3) is 0.400. The van der Waals surface area contributed by atoms with Gasteiger partial charge in [0.15, 0.2) is 5.96 Å². The Morgan fingerprint density at radius 1 is 1.07 bits per heavy atom. The van der Waals surface area contributed by atoms with E-state index in [1.165, 1.54) is 0 Å². The van der Waals surface area contributed by atoms with E-state index in [2.05, 4.69) is 15.3 Å². The first-order valence-electron chi connectivity index (χ1n) is 9.15. The molecule has 0 spiro atoms. The number of hydrogen-bond donors (Lipinski definition) is 2. The number of ether oxygens (including phenoxy) is 3. The van der Waals surface area contributed by atoms with Crippen molar-refractivity contribution >= 4 is 29.9 Å². The lowest BCUT2D eigenvalue weighted by Gasteiger charge is -2.08. The Bertz CT molecular complexity index is 669. The van der Waals surface area contributed by atoms with Crippen LogP contribution in [0, 0.1) is 0 Å². The molecule has 8 heteroatoms. The quantitative estimate of drug-likeness (QED) is 0.202. The summed E-state index contributed by atoms with van der Waals surface area (Å²) in [5.74, 6) is 1.80. The number of nitrogens with one attached hydrogen (secondary N) is 1. The Labute approximate surface area is 183 Å². The van der Waals surface area contributed by atoms with Crippen molar-refractivity contribution in [2.45, 2.75) is 19.9 Å². The van der Waals surface area contributed by atoms with E-state index in [0.717, 1.165) is 37.5 Å². The first-order valence-corrected chi connectivity index (χ1v) is 9.15. The van der Waals surface area contributed by atoms with Crippen LogP contribution in [0.15, 0.2) is 53.7 Å². The second-order valence-electron chi connectivity index (χ2n) is 5.69. The highest BCUT2D eigenvalue weighted by molar-refractivity contribution is 14.0. The van der Waals surface area contributed by atoms with Crippen LogP contribution in [0.3, 0.4) is 0 Å². The third kappa shape index (κ3) is 10.3. The summed E-state index contributed by atoms with van der Waals surface area (Å²) < 4.78 is 16.4. The average molecular weight is 500 g/mol. The lowest BCUT2D eigenvalue weighted by molar-refractivity contribution is 0.145. The molecular weight excluding hydrogens is 471 g/mol. The minimum absolute atomic E-state index is 0. The standard InChI is InChI=1S/C20H28N4O3.HI/c1-2-25-12-6-11-22-20(21)24-16-17-9-10-19(23-15-17)27-14-13-26-18-7-4-3-5-8-18;/h3-5,7-10,15H,2,6,11-14,16H2,1H3,(H3,21,22,24);1H. The monoisotopic (exact) mass is 500 g/mol.